The van der Waals surface area contributed by atoms with Gasteiger partial charge in [-0.2, -0.15) is 0 Å². The molecule has 1 spiro atoms. The van der Waals surface area contributed by atoms with Crippen molar-refractivity contribution in [1.82, 2.24) is 4.90 Å². The van der Waals surface area contributed by atoms with Gasteiger partial charge in [0, 0.05) is 12.0 Å². The molecule has 5 nitrogen and oxygen atoms in total. The predicted octanol–water partition coefficient (Wildman–Crippen LogP) is 4.09. The number of rotatable bonds is 5. The molecule has 2 saturated heterocycles. The molecule has 0 bridgehead atoms. The minimum atomic E-state index is -3.37. The second-order valence-corrected chi connectivity index (χ2v) is 11.2. The van der Waals surface area contributed by atoms with E-state index in [0.29, 0.717) is 42.4 Å². The highest BCUT2D eigenvalue weighted by Crippen LogP contribution is 2.46. The third-order valence-electron chi connectivity index (χ3n) is 7.15. The summed E-state index contributed by atoms with van der Waals surface area (Å²) in [6, 6.07) is 18.0. The summed E-state index contributed by atoms with van der Waals surface area (Å²) in [5, 5.41) is -0.456. The lowest BCUT2D eigenvalue weighted by Gasteiger charge is -2.38. The van der Waals surface area contributed by atoms with Crippen LogP contribution in [0.5, 0.6) is 0 Å². The fourth-order valence-electron chi connectivity index (χ4n) is 5.47. The molecule has 0 saturated carbocycles. The number of benzene rings is 2. The zero-order chi connectivity index (χ0) is 21.3. The van der Waals surface area contributed by atoms with E-state index in [2.05, 4.69) is 35.2 Å². The lowest BCUT2D eigenvalue weighted by atomic mass is 9.89. The van der Waals surface area contributed by atoms with Gasteiger partial charge in [0.2, 0.25) is 0 Å². The highest BCUT2D eigenvalue weighted by atomic mass is 32.2. The number of nitrogens with zero attached hydrogens (tertiary/aromatic N) is 1. The van der Waals surface area contributed by atoms with Crippen molar-refractivity contribution in [3.05, 3.63) is 65.7 Å². The van der Waals surface area contributed by atoms with Gasteiger partial charge < -0.3 is 14.4 Å². The molecule has 0 amide bonds. The molecule has 0 aromatic heterocycles. The third kappa shape index (κ3) is 4.07. The summed E-state index contributed by atoms with van der Waals surface area (Å²) in [6.45, 7) is 4.13. The summed E-state index contributed by atoms with van der Waals surface area (Å²) in [4.78, 5) is 2.87. The van der Waals surface area contributed by atoms with Crippen LogP contribution in [0.2, 0.25) is 0 Å². The molecule has 2 aromatic carbocycles. The average molecular weight is 442 g/mol. The Morgan fingerprint density at radius 2 is 1.61 bits per heavy atom. The molecule has 1 unspecified atom stereocenters. The number of hydrogen-bond acceptors (Lipinski definition) is 5. The van der Waals surface area contributed by atoms with Crippen molar-refractivity contribution in [2.45, 2.75) is 54.0 Å². The molecular weight excluding hydrogens is 410 g/mol. The maximum Gasteiger partial charge on any atom is 0.197 e. The van der Waals surface area contributed by atoms with Crippen molar-refractivity contribution in [1.29, 1.82) is 0 Å². The van der Waals surface area contributed by atoms with E-state index in [1.54, 1.807) is 12.1 Å². The third-order valence-corrected chi connectivity index (χ3v) is 9.40. The topological polar surface area (TPSA) is 55.8 Å². The van der Waals surface area contributed by atoms with Gasteiger partial charge in [0.25, 0.3) is 0 Å². The van der Waals surface area contributed by atoms with Crippen LogP contribution in [0.25, 0.3) is 0 Å². The average Bonchev–Trinajstić information content (AvgIpc) is 3.28. The molecule has 166 valence electrons. The van der Waals surface area contributed by atoms with E-state index < -0.39 is 20.9 Å². The molecule has 1 atom stereocenters. The van der Waals surface area contributed by atoms with Crippen molar-refractivity contribution in [2.24, 2.45) is 0 Å². The van der Waals surface area contributed by atoms with Crippen LogP contribution in [0.4, 0.5) is 0 Å². The first-order chi connectivity index (χ1) is 15.1. The van der Waals surface area contributed by atoms with Crippen LogP contribution in [-0.2, 0) is 25.1 Å². The molecule has 31 heavy (non-hydrogen) atoms. The van der Waals surface area contributed by atoms with Crippen molar-refractivity contribution < 1.29 is 17.9 Å². The quantitative estimate of drug-likeness (QED) is 0.700. The van der Waals surface area contributed by atoms with Gasteiger partial charge in [0.05, 0.1) is 23.4 Å². The Bertz CT molecular complexity index is 993. The fraction of sp³-hybridized carbons (Fsp3) is 0.520. The number of fused-ring (bicyclic) bond motifs is 2. The standard InChI is InChI=1S/C25H31NO4S/c27-31(28)22(19-25(29-17-18-30-25)23-10-4-5-11-24(23)31)9-6-14-26-15-12-21(13-16-26)20-7-2-1-3-8-20/h1-5,7-8,10-11,21-22H,6,9,12-19H2. The maximum absolute atomic E-state index is 13.3. The number of hydrogen-bond donors (Lipinski definition) is 0. The van der Waals surface area contributed by atoms with Gasteiger partial charge >= 0.3 is 0 Å². The van der Waals surface area contributed by atoms with Crippen LogP contribution in [0, 0.1) is 0 Å². The highest BCUT2D eigenvalue weighted by Gasteiger charge is 2.51. The predicted molar refractivity (Wildman–Crippen MR) is 120 cm³/mol. The Morgan fingerprint density at radius 3 is 2.35 bits per heavy atom. The van der Waals surface area contributed by atoms with Crippen molar-refractivity contribution in [3.8, 4) is 0 Å². The van der Waals surface area contributed by atoms with Gasteiger partial charge in [-0.15, -0.1) is 0 Å². The van der Waals surface area contributed by atoms with Gasteiger partial charge in [-0.3, -0.25) is 0 Å². The lowest BCUT2D eigenvalue weighted by Crippen LogP contribution is -2.42. The van der Waals surface area contributed by atoms with E-state index in [9.17, 15) is 8.42 Å². The van der Waals surface area contributed by atoms with Crippen molar-refractivity contribution >= 4 is 9.84 Å². The van der Waals surface area contributed by atoms with Crippen molar-refractivity contribution in [3.63, 3.8) is 0 Å². The molecule has 0 radical (unpaired) electrons. The van der Waals surface area contributed by atoms with Crippen LogP contribution in [0.15, 0.2) is 59.5 Å². The summed E-state index contributed by atoms with van der Waals surface area (Å²) in [5.41, 5.74) is 2.11. The molecule has 2 fully saturated rings. The first-order valence-electron chi connectivity index (χ1n) is 11.5. The zero-order valence-corrected chi connectivity index (χ0v) is 18.7. The van der Waals surface area contributed by atoms with Gasteiger partial charge in [-0.05, 0) is 62.9 Å². The molecule has 5 rings (SSSR count). The molecule has 0 N–H and O–H groups in total. The Morgan fingerprint density at radius 1 is 0.935 bits per heavy atom. The normalized spacial score (nSPS) is 25.5. The van der Waals surface area contributed by atoms with Gasteiger partial charge in [-0.1, -0.05) is 48.5 Å². The summed E-state index contributed by atoms with van der Waals surface area (Å²) < 4.78 is 38.6. The van der Waals surface area contributed by atoms with Gasteiger partial charge in [0.1, 0.15) is 0 Å². The number of ether oxygens (including phenoxy) is 2. The van der Waals surface area contributed by atoms with E-state index in [1.165, 1.54) is 18.4 Å². The molecule has 3 heterocycles. The van der Waals surface area contributed by atoms with E-state index in [-0.39, 0.29) is 0 Å². The van der Waals surface area contributed by atoms with E-state index in [4.69, 9.17) is 9.47 Å². The highest BCUT2D eigenvalue weighted by molar-refractivity contribution is 7.92. The second kappa shape index (κ2) is 8.66. The first kappa shape index (κ1) is 21.1. The summed E-state index contributed by atoms with van der Waals surface area (Å²) in [7, 11) is -3.37. The minimum Gasteiger partial charge on any atom is -0.343 e. The van der Waals surface area contributed by atoms with Crippen LogP contribution in [0.1, 0.15) is 49.1 Å². The SMILES string of the molecule is O=S1(=O)c2ccccc2C2(CC1CCCN1CCC(c3ccccc3)CC1)OCCO2. The van der Waals surface area contributed by atoms with E-state index in [1.807, 2.05) is 12.1 Å². The summed E-state index contributed by atoms with van der Waals surface area (Å²) >= 11 is 0. The van der Waals surface area contributed by atoms with Gasteiger partial charge in [-0.25, -0.2) is 8.42 Å². The number of piperidine rings is 1. The molecular formula is C25H31NO4S. The lowest BCUT2D eigenvalue weighted by molar-refractivity contribution is -0.174. The van der Waals surface area contributed by atoms with Crippen LogP contribution < -0.4 is 0 Å². The molecule has 2 aromatic rings. The summed E-state index contributed by atoms with van der Waals surface area (Å²) in [5.74, 6) is -0.246. The Hall–Kier alpha value is -1.73. The minimum absolute atomic E-state index is 0.386. The van der Waals surface area contributed by atoms with E-state index >= 15 is 0 Å². The van der Waals surface area contributed by atoms with Crippen LogP contribution in [0.3, 0.4) is 0 Å². The zero-order valence-electron chi connectivity index (χ0n) is 17.9. The van der Waals surface area contributed by atoms with Crippen LogP contribution in [-0.4, -0.2) is 51.4 Å². The molecule has 3 aliphatic heterocycles. The Kier molecular flexibility index (Phi) is 5.90. The van der Waals surface area contributed by atoms with Gasteiger partial charge in [0.15, 0.2) is 15.6 Å². The van der Waals surface area contributed by atoms with E-state index in [0.717, 1.165) is 26.1 Å². The molecule has 0 aliphatic carbocycles. The largest absolute Gasteiger partial charge is 0.343 e. The molecule has 6 heteroatoms. The molecule has 3 aliphatic rings. The Balaban J connectivity index is 1.20. The number of likely N-dealkylation sites (tertiary alicyclic amines) is 1. The fourth-order valence-corrected chi connectivity index (χ4v) is 7.54. The summed E-state index contributed by atoms with van der Waals surface area (Å²) in [6.07, 6.45) is 4.25. The smallest absolute Gasteiger partial charge is 0.197 e. The second-order valence-electron chi connectivity index (χ2n) is 8.99. The Labute approximate surface area is 185 Å². The number of sulfone groups is 1. The maximum atomic E-state index is 13.3. The van der Waals surface area contributed by atoms with Crippen molar-refractivity contribution in [2.75, 3.05) is 32.8 Å². The monoisotopic (exact) mass is 441 g/mol. The first-order valence-corrected chi connectivity index (χ1v) is 13.0. The van der Waals surface area contributed by atoms with Crippen LogP contribution >= 0.6 is 0 Å².